The van der Waals surface area contributed by atoms with Gasteiger partial charge in [-0.1, -0.05) is 90.0 Å². The highest BCUT2D eigenvalue weighted by Crippen LogP contribution is 2.28. The quantitative estimate of drug-likeness (QED) is 0.388. The summed E-state index contributed by atoms with van der Waals surface area (Å²) in [4.78, 5) is 23.3. The first-order valence-corrected chi connectivity index (χ1v) is 11.5. The van der Waals surface area contributed by atoms with Crippen molar-refractivity contribution in [2.24, 2.45) is 5.73 Å². The minimum atomic E-state index is -0.576. The van der Waals surface area contributed by atoms with Crippen molar-refractivity contribution in [3.63, 3.8) is 0 Å². The maximum Gasteiger partial charge on any atom is 0.236 e. The average molecular weight is 460 g/mol. The van der Waals surface area contributed by atoms with Crippen LogP contribution in [0.2, 0.25) is 0 Å². The summed E-state index contributed by atoms with van der Waals surface area (Å²) < 4.78 is 6.18. The van der Waals surface area contributed by atoms with Crippen LogP contribution in [-0.4, -0.2) is 37.6 Å². The summed E-state index contributed by atoms with van der Waals surface area (Å²) in [6.07, 6.45) is 0. The van der Waals surface area contributed by atoms with Crippen molar-refractivity contribution in [2.45, 2.75) is 32.4 Å². The number of aryl methyl sites for hydroxylation is 2. The van der Waals surface area contributed by atoms with E-state index in [0.717, 1.165) is 16.7 Å². The lowest BCUT2D eigenvalue weighted by atomic mass is 9.85. The molecule has 6 nitrogen and oxygen atoms in total. The molecule has 0 radical (unpaired) electrons. The zero-order valence-electron chi connectivity index (χ0n) is 19.8. The van der Waals surface area contributed by atoms with Gasteiger partial charge < -0.3 is 21.1 Å². The summed E-state index contributed by atoms with van der Waals surface area (Å²) in [5.74, 6) is -0.906. The normalized spacial score (nSPS) is 11.9. The summed E-state index contributed by atoms with van der Waals surface area (Å²) in [6.45, 7) is 4.88. The molecule has 1 unspecified atom stereocenters. The molecule has 0 fully saturated rings. The molecule has 0 spiro atoms. The molecule has 3 aromatic carbocycles. The molecular formula is C28H33N3O3. The van der Waals surface area contributed by atoms with Crippen LogP contribution in [0.1, 0.15) is 33.7 Å². The summed E-state index contributed by atoms with van der Waals surface area (Å²) >= 11 is 0. The summed E-state index contributed by atoms with van der Waals surface area (Å²) in [6, 6.07) is 26.6. The molecular weight excluding hydrogens is 426 g/mol. The highest BCUT2D eigenvalue weighted by Gasteiger charge is 2.25. The van der Waals surface area contributed by atoms with Crippen LogP contribution in [0.15, 0.2) is 78.9 Å². The third kappa shape index (κ3) is 7.83. The number of carbonyl (C=O) groups excluding carboxylic acids is 2. The van der Waals surface area contributed by atoms with E-state index in [9.17, 15) is 9.59 Å². The Kier molecular flexibility index (Phi) is 9.38. The highest BCUT2D eigenvalue weighted by molar-refractivity contribution is 5.84. The predicted molar refractivity (Wildman–Crippen MR) is 134 cm³/mol. The number of benzene rings is 3. The number of rotatable bonds is 12. The van der Waals surface area contributed by atoms with Crippen LogP contribution < -0.4 is 16.4 Å². The van der Waals surface area contributed by atoms with Crippen LogP contribution in [0.5, 0.6) is 0 Å². The smallest absolute Gasteiger partial charge is 0.236 e. The van der Waals surface area contributed by atoms with Gasteiger partial charge in [0.15, 0.2) is 0 Å². The molecule has 0 heterocycles. The van der Waals surface area contributed by atoms with E-state index in [1.807, 2.05) is 36.4 Å². The Hall–Kier alpha value is -3.48. The number of nitrogens with two attached hydrogens (primary N) is 1. The Morgan fingerprint density at radius 3 is 1.94 bits per heavy atom. The Balaban J connectivity index is 1.80. The molecule has 0 aliphatic heterocycles. The van der Waals surface area contributed by atoms with Gasteiger partial charge in [0.2, 0.25) is 11.8 Å². The van der Waals surface area contributed by atoms with Crippen molar-refractivity contribution in [3.8, 4) is 0 Å². The van der Waals surface area contributed by atoms with Gasteiger partial charge in [0.05, 0.1) is 26.3 Å². The number of nitrogens with one attached hydrogen (secondary N) is 2. The molecule has 0 bridgehead atoms. The second-order valence-corrected chi connectivity index (χ2v) is 8.54. The molecule has 3 rings (SSSR count). The van der Waals surface area contributed by atoms with Crippen molar-refractivity contribution in [1.82, 2.24) is 10.6 Å². The second-order valence-electron chi connectivity index (χ2n) is 8.54. The third-order valence-electron chi connectivity index (χ3n) is 5.55. The molecule has 0 aliphatic carbocycles. The summed E-state index contributed by atoms with van der Waals surface area (Å²) in [5.41, 5.74) is 10.9. The topological polar surface area (TPSA) is 93.4 Å². The zero-order valence-corrected chi connectivity index (χ0v) is 19.8. The number of primary amides is 1. The van der Waals surface area contributed by atoms with Crippen LogP contribution in [0.3, 0.4) is 0 Å². The fraction of sp³-hybridized carbons (Fsp3) is 0.286. The van der Waals surface area contributed by atoms with E-state index in [2.05, 4.69) is 66.9 Å². The lowest BCUT2D eigenvalue weighted by Crippen LogP contribution is -2.46. The van der Waals surface area contributed by atoms with Gasteiger partial charge in [0.1, 0.15) is 0 Å². The van der Waals surface area contributed by atoms with E-state index >= 15 is 0 Å². The van der Waals surface area contributed by atoms with Crippen molar-refractivity contribution < 1.29 is 14.3 Å². The molecule has 6 heteroatoms. The maximum absolute atomic E-state index is 12.3. The lowest BCUT2D eigenvalue weighted by Gasteiger charge is -2.29. The molecule has 2 amide bonds. The molecule has 178 valence electrons. The maximum atomic E-state index is 12.3. The van der Waals surface area contributed by atoms with Crippen LogP contribution >= 0.6 is 0 Å². The van der Waals surface area contributed by atoms with Crippen molar-refractivity contribution >= 4 is 11.8 Å². The number of hydrogen-bond donors (Lipinski definition) is 3. The minimum absolute atomic E-state index is 0.0365. The van der Waals surface area contributed by atoms with E-state index in [0.29, 0.717) is 13.2 Å². The first-order chi connectivity index (χ1) is 16.4. The zero-order chi connectivity index (χ0) is 24.3. The van der Waals surface area contributed by atoms with Crippen LogP contribution in [0, 0.1) is 13.8 Å². The predicted octanol–water partition coefficient (Wildman–Crippen LogP) is 3.21. The van der Waals surface area contributed by atoms with Gasteiger partial charge >= 0.3 is 0 Å². The Labute approximate surface area is 201 Å². The molecule has 0 aromatic heterocycles. The number of hydrogen-bond acceptors (Lipinski definition) is 4. The van der Waals surface area contributed by atoms with Gasteiger partial charge in [-0.3, -0.25) is 9.59 Å². The fourth-order valence-electron chi connectivity index (χ4n) is 4.18. The van der Waals surface area contributed by atoms with E-state index in [1.54, 1.807) is 0 Å². The van der Waals surface area contributed by atoms with Crippen molar-refractivity contribution in [1.29, 1.82) is 0 Å². The molecule has 34 heavy (non-hydrogen) atoms. The Bertz CT molecular complexity index is 1010. The molecule has 0 aliphatic rings. The molecule has 1 atom stereocenters. The first-order valence-electron chi connectivity index (χ1n) is 11.5. The summed E-state index contributed by atoms with van der Waals surface area (Å²) in [5, 5.41) is 5.89. The van der Waals surface area contributed by atoms with E-state index in [1.165, 1.54) is 11.1 Å². The van der Waals surface area contributed by atoms with Crippen molar-refractivity contribution in [2.75, 3.05) is 19.7 Å². The minimum Gasteiger partial charge on any atom is -0.375 e. The molecule has 4 N–H and O–H groups in total. The second kappa shape index (κ2) is 12.7. The largest absolute Gasteiger partial charge is 0.375 e. The first kappa shape index (κ1) is 25.1. The number of carbonyl (C=O) groups is 2. The van der Waals surface area contributed by atoms with Crippen molar-refractivity contribution in [3.05, 3.63) is 107 Å². The SMILES string of the molecule is Cc1cc(C)cc(COCC(NCC(=O)NCC(N)=O)C(c2ccccc2)c2ccccc2)c1. The molecule has 0 saturated carbocycles. The fourth-order valence-corrected chi connectivity index (χ4v) is 4.18. The van der Waals surface area contributed by atoms with E-state index in [-0.39, 0.29) is 31.0 Å². The monoisotopic (exact) mass is 459 g/mol. The standard InChI is InChI=1S/C28H33N3O3/c1-20-13-21(2)15-22(14-20)18-34-19-25(30-17-27(33)31-16-26(29)32)28(23-9-5-3-6-10-23)24-11-7-4-8-12-24/h3-15,25,28,30H,16-19H2,1-2H3,(H2,29,32)(H,31,33). The van der Waals surface area contributed by atoms with Gasteiger partial charge in [-0.15, -0.1) is 0 Å². The Morgan fingerprint density at radius 1 is 0.853 bits per heavy atom. The van der Waals surface area contributed by atoms with Gasteiger partial charge in [-0.2, -0.15) is 0 Å². The Morgan fingerprint density at radius 2 is 1.41 bits per heavy atom. The van der Waals surface area contributed by atoms with Crippen LogP contribution in [0.4, 0.5) is 0 Å². The lowest BCUT2D eigenvalue weighted by molar-refractivity contribution is -0.124. The van der Waals surface area contributed by atoms with Gasteiger partial charge in [-0.05, 0) is 30.5 Å². The molecule has 3 aromatic rings. The average Bonchev–Trinajstić information content (AvgIpc) is 2.82. The van der Waals surface area contributed by atoms with E-state index in [4.69, 9.17) is 10.5 Å². The highest BCUT2D eigenvalue weighted by atomic mass is 16.5. The van der Waals surface area contributed by atoms with Gasteiger partial charge in [-0.25, -0.2) is 0 Å². The van der Waals surface area contributed by atoms with Gasteiger partial charge in [0, 0.05) is 12.0 Å². The molecule has 0 saturated heterocycles. The van der Waals surface area contributed by atoms with Crippen LogP contribution in [-0.2, 0) is 20.9 Å². The van der Waals surface area contributed by atoms with Crippen LogP contribution in [0.25, 0.3) is 0 Å². The number of ether oxygens (including phenoxy) is 1. The summed E-state index contributed by atoms with van der Waals surface area (Å²) in [7, 11) is 0. The number of amides is 2. The third-order valence-corrected chi connectivity index (χ3v) is 5.55. The van der Waals surface area contributed by atoms with E-state index < -0.39 is 5.91 Å². The van der Waals surface area contributed by atoms with Gasteiger partial charge in [0.25, 0.3) is 0 Å².